The van der Waals surface area contributed by atoms with Gasteiger partial charge in [-0.25, -0.2) is 0 Å². The van der Waals surface area contributed by atoms with Crippen molar-refractivity contribution < 1.29 is 17.9 Å². The second kappa shape index (κ2) is 14.9. The van der Waals surface area contributed by atoms with Crippen LogP contribution >= 0.6 is 0 Å². The summed E-state index contributed by atoms with van der Waals surface area (Å²) in [5.74, 6) is 0.545. The van der Waals surface area contributed by atoms with Gasteiger partial charge >= 0.3 is 10.5 Å². The van der Waals surface area contributed by atoms with Crippen LogP contribution in [0.2, 0.25) is 0 Å². The molecular formula is C35H41N3O4S. The van der Waals surface area contributed by atoms with Crippen molar-refractivity contribution in [3.05, 3.63) is 114 Å². The zero-order chi connectivity index (χ0) is 30.8. The lowest BCUT2D eigenvalue weighted by atomic mass is 9.97. The highest BCUT2D eigenvalue weighted by atomic mass is 32.2. The minimum absolute atomic E-state index is 0.0419. The lowest BCUT2D eigenvalue weighted by Crippen LogP contribution is -2.40. The first-order valence-electron chi connectivity index (χ1n) is 14.7. The number of hydrogen-bond donors (Lipinski definition) is 1. The summed E-state index contributed by atoms with van der Waals surface area (Å²) in [4.78, 5) is 15.2. The minimum atomic E-state index is -2.60. The molecule has 0 spiro atoms. The van der Waals surface area contributed by atoms with Crippen LogP contribution < -0.4 is 10.1 Å². The predicted molar refractivity (Wildman–Crippen MR) is 172 cm³/mol. The molecule has 1 N–H and O–H groups in total. The topological polar surface area (TPSA) is 88.1 Å². The SMILES string of the molecule is CCN(Cc1ccc2c(c1)OCCC2NC(=O)CC(N=S(=O)=O)c1ccccc1)C(C)(C)C.c1ccc2ccccc2c1. The lowest BCUT2D eigenvalue weighted by molar-refractivity contribution is -0.122. The number of hydrogen-bond acceptors (Lipinski definition) is 6. The Balaban J connectivity index is 0.000000353. The van der Waals surface area contributed by atoms with E-state index < -0.39 is 16.5 Å². The number of nitrogens with zero attached hydrogens (tertiary/aromatic N) is 2. The van der Waals surface area contributed by atoms with Crippen LogP contribution in [0.1, 0.15) is 69.3 Å². The molecule has 43 heavy (non-hydrogen) atoms. The average molecular weight is 600 g/mol. The normalized spacial score (nSPS) is 15.0. The summed E-state index contributed by atoms with van der Waals surface area (Å²) in [6.45, 7) is 11.0. The Morgan fingerprint density at radius 2 is 1.56 bits per heavy atom. The van der Waals surface area contributed by atoms with Gasteiger partial charge in [-0.15, -0.1) is 0 Å². The summed E-state index contributed by atoms with van der Waals surface area (Å²) in [6, 6.07) is 30.9. The molecule has 1 amide bonds. The molecule has 2 atom stereocenters. The van der Waals surface area contributed by atoms with E-state index in [1.165, 1.54) is 16.3 Å². The molecule has 4 aromatic rings. The first-order valence-corrected chi connectivity index (χ1v) is 15.8. The van der Waals surface area contributed by atoms with E-state index in [9.17, 15) is 13.2 Å². The summed E-state index contributed by atoms with van der Waals surface area (Å²) in [7, 11) is -2.60. The lowest BCUT2D eigenvalue weighted by Gasteiger charge is -2.35. The van der Waals surface area contributed by atoms with Gasteiger partial charge in [0.1, 0.15) is 11.8 Å². The Morgan fingerprint density at radius 3 is 2.12 bits per heavy atom. The molecule has 2 unspecified atom stereocenters. The van der Waals surface area contributed by atoms with Crippen molar-refractivity contribution in [2.45, 2.75) is 64.7 Å². The highest BCUT2D eigenvalue weighted by Gasteiger charge is 2.26. The smallest absolute Gasteiger partial charge is 0.311 e. The Labute approximate surface area is 256 Å². The molecule has 1 aliphatic heterocycles. The second-order valence-corrected chi connectivity index (χ2v) is 12.3. The Bertz CT molecular complexity index is 1580. The Morgan fingerprint density at radius 1 is 0.953 bits per heavy atom. The van der Waals surface area contributed by atoms with Crippen molar-refractivity contribution in [1.82, 2.24) is 10.2 Å². The van der Waals surface area contributed by atoms with Crippen molar-refractivity contribution in [3.63, 3.8) is 0 Å². The molecule has 1 aliphatic rings. The minimum Gasteiger partial charge on any atom is -0.493 e. The standard InChI is InChI=1S/C25H33N3O4S.C10H8/c1-5-28(25(2,3)4)17-18-11-12-20-21(13-14-32-23(20)15-18)26-24(29)16-22(27-33(30)31)19-9-7-6-8-10-19;1-2-6-10-8-4-3-7-9(10)5-1/h6-12,15,21-22H,5,13-14,16-17H2,1-4H3,(H,26,29);1-8H. The van der Waals surface area contributed by atoms with E-state index in [-0.39, 0.29) is 23.9 Å². The highest BCUT2D eigenvalue weighted by Crippen LogP contribution is 2.34. The van der Waals surface area contributed by atoms with Crippen LogP contribution in [0.15, 0.2) is 101 Å². The van der Waals surface area contributed by atoms with E-state index in [1.807, 2.05) is 12.1 Å². The van der Waals surface area contributed by atoms with E-state index in [4.69, 9.17) is 4.74 Å². The Kier molecular flexibility index (Phi) is 11.1. The fourth-order valence-corrected chi connectivity index (χ4v) is 5.69. The molecule has 5 rings (SSSR count). The van der Waals surface area contributed by atoms with Crippen molar-refractivity contribution >= 4 is 27.2 Å². The van der Waals surface area contributed by atoms with E-state index in [1.54, 1.807) is 24.3 Å². The fraction of sp³-hybridized carbons (Fsp3) is 0.343. The maximum absolute atomic E-state index is 12.8. The molecule has 0 fully saturated rings. The molecule has 4 aromatic carbocycles. The first-order chi connectivity index (χ1) is 20.6. The van der Waals surface area contributed by atoms with Crippen LogP contribution in [-0.2, 0) is 21.8 Å². The van der Waals surface area contributed by atoms with Gasteiger partial charge in [0.2, 0.25) is 5.91 Å². The number of carbonyl (C=O) groups is 1. The number of rotatable bonds is 8. The second-order valence-electron chi connectivity index (χ2n) is 11.6. The van der Waals surface area contributed by atoms with Gasteiger partial charge in [-0.1, -0.05) is 97.9 Å². The number of nitrogens with one attached hydrogen (secondary N) is 1. The molecule has 0 aliphatic carbocycles. The summed E-state index contributed by atoms with van der Waals surface area (Å²) < 4.78 is 32.0. The van der Waals surface area contributed by atoms with Crippen molar-refractivity contribution in [2.75, 3.05) is 13.2 Å². The molecule has 0 radical (unpaired) electrons. The first kappa shape index (κ1) is 31.9. The van der Waals surface area contributed by atoms with Crippen LogP contribution in [0.5, 0.6) is 5.75 Å². The van der Waals surface area contributed by atoms with Crippen LogP contribution in [0.4, 0.5) is 0 Å². The number of ether oxygens (including phenoxy) is 1. The number of carbonyl (C=O) groups excluding carboxylic acids is 1. The van der Waals surface area contributed by atoms with Crippen molar-refractivity contribution in [2.24, 2.45) is 4.36 Å². The quantitative estimate of drug-likeness (QED) is 0.230. The monoisotopic (exact) mass is 599 g/mol. The van der Waals surface area contributed by atoms with Crippen molar-refractivity contribution in [1.29, 1.82) is 0 Å². The zero-order valence-electron chi connectivity index (χ0n) is 25.4. The molecule has 0 bridgehead atoms. The summed E-state index contributed by atoms with van der Waals surface area (Å²) in [5.41, 5.74) is 2.86. The van der Waals surface area contributed by atoms with Gasteiger partial charge < -0.3 is 10.1 Å². The molecule has 8 heteroatoms. The van der Waals surface area contributed by atoms with Crippen LogP contribution in [-0.4, -0.2) is 37.9 Å². The third-order valence-corrected chi connectivity index (χ3v) is 8.02. The maximum Gasteiger partial charge on any atom is 0.311 e. The zero-order valence-corrected chi connectivity index (χ0v) is 26.2. The van der Waals surface area contributed by atoms with Gasteiger partial charge in [0.05, 0.1) is 19.1 Å². The fourth-order valence-electron chi connectivity index (χ4n) is 5.28. The summed E-state index contributed by atoms with van der Waals surface area (Å²) >= 11 is 0. The number of fused-ring (bicyclic) bond motifs is 2. The van der Waals surface area contributed by atoms with E-state index >= 15 is 0 Å². The molecule has 0 saturated heterocycles. The summed E-state index contributed by atoms with van der Waals surface area (Å²) in [5, 5.41) is 5.67. The maximum atomic E-state index is 12.8. The highest BCUT2D eigenvalue weighted by molar-refractivity contribution is 7.61. The predicted octanol–water partition coefficient (Wildman–Crippen LogP) is 7.28. The third kappa shape index (κ3) is 9.24. The van der Waals surface area contributed by atoms with Crippen molar-refractivity contribution in [3.8, 4) is 5.75 Å². The summed E-state index contributed by atoms with van der Waals surface area (Å²) in [6.07, 6.45) is 0.613. The van der Waals surface area contributed by atoms with Crippen LogP contribution in [0, 0.1) is 0 Å². The molecular weight excluding hydrogens is 558 g/mol. The molecule has 0 saturated carbocycles. The third-order valence-electron chi connectivity index (χ3n) is 7.59. The van der Waals surface area contributed by atoms with Crippen LogP contribution in [0.3, 0.4) is 0 Å². The van der Waals surface area contributed by atoms with Gasteiger partial charge in [0.15, 0.2) is 0 Å². The number of benzene rings is 4. The number of amides is 1. The largest absolute Gasteiger partial charge is 0.493 e. The van der Waals surface area contributed by atoms with E-state index in [0.717, 1.165) is 24.4 Å². The molecule has 7 nitrogen and oxygen atoms in total. The average Bonchev–Trinajstić information content (AvgIpc) is 2.99. The van der Waals surface area contributed by atoms with Gasteiger partial charge in [0.25, 0.3) is 0 Å². The van der Waals surface area contributed by atoms with Gasteiger partial charge in [-0.2, -0.15) is 12.8 Å². The van der Waals surface area contributed by atoms with Gasteiger partial charge in [0, 0.05) is 24.1 Å². The molecule has 1 heterocycles. The van der Waals surface area contributed by atoms with E-state index in [2.05, 4.69) is 103 Å². The molecule has 0 aromatic heterocycles. The Hall–Kier alpha value is -4.01. The van der Waals surface area contributed by atoms with Gasteiger partial charge in [-0.3, -0.25) is 9.69 Å². The van der Waals surface area contributed by atoms with Crippen LogP contribution in [0.25, 0.3) is 10.8 Å². The van der Waals surface area contributed by atoms with E-state index in [0.29, 0.717) is 18.6 Å². The molecule has 226 valence electrons. The van der Waals surface area contributed by atoms with Gasteiger partial charge in [-0.05, 0) is 55.3 Å².